The zero-order chi connectivity index (χ0) is 16.8. The molecule has 0 aliphatic carbocycles. The highest BCUT2D eigenvalue weighted by molar-refractivity contribution is 5.89. The Labute approximate surface area is 135 Å². The van der Waals surface area contributed by atoms with Crippen LogP contribution < -0.4 is 20.3 Å². The molecule has 2 aromatic rings. The average Bonchev–Trinajstić information content (AvgIpc) is 2.49. The van der Waals surface area contributed by atoms with Crippen molar-refractivity contribution >= 4 is 17.4 Å². The van der Waals surface area contributed by atoms with Gasteiger partial charge in [-0.3, -0.25) is 0 Å². The van der Waals surface area contributed by atoms with Crippen LogP contribution in [0.15, 0.2) is 48.5 Å². The van der Waals surface area contributed by atoms with Crippen LogP contribution >= 0.6 is 0 Å². The molecule has 3 N–H and O–H groups in total. The number of nitrogens with zero attached hydrogens (tertiary/aromatic N) is 1. The normalized spacial score (nSPS) is 11.4. The molecule has 23 heavy (non-hydrogen) atoms. The maximum absolute atomic E-state index is 12.0. The van der Waals surface area contributed by atoms with Gasteiger partial charge in [-0.1, -0.05) is 6.07 Å². The van der Waals surface area contributed by atoms with Gasteiger partial charge in [-0.15, -0.1) is 0 Å². The highest BCUT2D eigenvalue weighted by atomic mass is 16.5. The lowest BCUT2D eigenvalue weighted by atomic mass is 10.2. The van der Waals surface area contributed by atoms with Crippen molar-refractivity contribution in [2.24, 2.45) is 0 Å². The third-order valence-corrected chi connectivity index (χ3v) is 3.10. The Morgan fingerprint density at radius 2 is 1.87 bits per heavy atom. The molecule has 1 unspecified atom stereocenters. The van der Waals surface area contributed by atoms with Crippen LogP contribution in [0.25, 0.3) is 0 Å². The standard InChI is InChI=1S/C17H21N3O3/c1-12(23-16-9-7-15(21)8-10-16)18-17(22)19-13-5-4-6-14(11-13)20(2)3/h4-12,21H,1-3H3,(H2,18,19,22). The number of carbonyl (C=O) groups excluding carboxylic acids is 1. The molecule has 0 saturated carbocycles. The summed E-state index contributed by atoms with van der Waals surface area (Å²) < 4.78 is 5.55. The molecule has 0 aliphatic rings. The SMILES string of the molecule is CC(NC(=O)Nc1cccc(N(C)C)c1)Oc1ccc(O)cc1. The smallest absolute Gasteiger partial charge is 0.322 e. The minimum atomic E-state index is -0.517. The third-order valence-electron chi connectivity index (χ3n) is 3.10. The zero-order valence-corrected chi connectivity index (χ0v) is 13.4. The van der Waals surface area contributed by atoms with Crippen molar-refractivity contribution in [1.82, 2.24) is 5.32 Å². The lowest BCUT2D eigenvalue weighted by Gasteiger charge is -2.18. The van der Waals surface area contributed by atoms with Gasteiger partial charge in [0.05, 0.1) is 0 Å². The molecule has 2 rings (SSSR count). The summed E-state index contributed by atoms with van der Waals surface area (Å²) in [5, 5.41) is 14.7. The van der Waals surface area contributed by atoms with Crippen LogP contribution in [0, 0.1) is 0 Å². The van der Waals surface area contributed by atoms with Gasteiger partial charge in [0, 0.05) is 25.5 Å². The number of hydrogen-bond acceptors (Lipinski definition) is 4. The quantitative estimate of drug-likeness (QED) is 0.742. The van der Waals surface area contributed by atoms with Gasteiger partial charge < -0.3 is 25.4 Å². The van der Waals surface area contributed by atoms with E-state index in [-0.39, 0.29) is 11.8 Å². The largest absolute Gasteiger partial charge is 0.508 e. The van der Waals surface area contributed by atoms with Crippen molar-refractivity contribution in [3.8, 4) is 11.5 Å². The van der Waals surface area contributed by atoms with Gasteiger partial charge >= 0.3 is 6.03 Å². The van der Waals surface area contributed by atoms with Crippen molar-refractivity contribution in [3.05, 3.63) is 48.5 Å². The topological polar surface area (TPSA) is 73.8 Å². The second-order valence-electron chi connectivity index (χ2n) is 5.30. The zero-order valence-electron chi connectivity index (χ0n) is 13.4. The number of nitrogens with one attached hydrogen (secondary N) is 2. The van der Waals surface area contributed by atoms with Gasteiger partial charge in [0.2, 0.25) is 0 Å². The molecule has 0 saturated heterocycles. The van der Waals surface area contributed by atoms with Crippen LogP contribution in [0.3, 0.4) is 0 Å². The summed E-state index contributed by atoms with van der Waals surface area (Å²) >= 11 is 0. The summed E-state index contributed by atoms with van der Waals surface area (Å²) in [5.74, 6) is 0.724. The number of benzene rings is 2. The minimum Gasteiger partial charge on any atom is -0.508 e. The van der Waals surface area contributed by atoms with Crippen LogP contribution in [0.2, 0.25) is 0 Å². The van der Waals surface area contributed by atoms with Gasteiger partial charge in [0.1, 0.15) is 11.5 Å². The van der Waals surface area contributed by atoms with Crippen molar-refractivity contribution < 1.29 is 14.6 Å². The molecule has 0 spiro atoms. The molecule has 0 radical (unpaired) electrons. The lowest BCUT2D eigenvalue weighted by molar-refractivity contribution is 0.183. The summed E-state index contributed by atoms with van der Waals surface area (Å²) in [7, 11) is 3.87. The number of phenolic OH excluding ortho intramolecular Hbond substituents is 1. The highest BCUT2D eigenvalue weighted by Gasteiger charge is 2.09. The van der Waals surface area contributed by atoms with Gasteiger partial charge in [0.25, 0.3) is 0 Å². The molecule has 2 aromatic carbocycles. The van der Waals surface area contributed by atoms with Crippen LogP contribution in [0.4, 0.5) is 16.2 Å². The number of carbonyl (C=O) groups is 1. The molecular formula is C17H21N3O3. The summed E-state index contributed by atoms with van der Waals surface area (Å²) in [5.41, 5.74) is 1.70. The predicted molar refractivity (Wildman–Crippen MR) is 91.1 cm³/mol. The number of anilines is 2. The maximum atomic E-state index is 12.0. The number of aromatic hydroxyl groups is 1. The molecule has 122 valence electrons. The first-order chi connectivity index (χ1) is 10.9. The Bertz CT molecular complexity index is 656. The van der Waals surface area contributed by atoms with Crippen LogP contribution in [-0.2, 0) is 0 Å². The molecule has 0 aliphatic heterocycles. The summed E-state index contributed by atoms with van der Waals surface area (Å²) in [6.07, 6.45) is -0.517. The van der Waals surface area contributed by atoms with Crippen molar-refractivity contribution in [3.63, 3.8) is 0 Å². The first-order valence-corrected chi connectivity index (χ1v) is 7.24. The third kappa shape index (κ3) is 5.10. The predicted octanol–water partition coefficient (Wildman–Crippen LogP) is 3.00. The number of rotatable bonds is 5. The van der Waals surface area contributed by atoms with E-state index in [2.05, 4.69) is 10.6 Å². The van der Waals surface area contributed by atoms with E-state index in [0.29, 0.717) is 11.4 Å². The Kier molecular flexibility index (Phi) is 5.30. The summed E-state index contributed by atoms with van der Waals surface area (Å²) in [4.78, 5) is 14.0. The first-order valence-electron chi connectivity index (χ1n) is 7.24. The summed E-state index contributed by atoms with van der Waals surface area (Å²) in [6.45, 7) is 1.72. The maximum Gasteiger partial charge on any atom is 0.322 e. The lowest BCUT2D eigenvalue weighted by Crippen LogP contribution is -2.39. The fourth-order valence-electron chi connectivity index (χ4n) is 1.97. The van der Waals surface area contributed by atoms with Gasteiger partial charge in [-0.05, 0) is 49.4 Å². The molecule has 0 aromatic heterocycles. The van der Waals surface area contributed by atoms with Crippen LogP contribution in [0.5, 0.6) is 11.5 Å². The molecule has 6 heteroatoms. The monoisotopic (exact) mass is 315 g/mol. The van der Waals surface area contributed by atoms with Gasteiger partial charge in [0.15, 0.2) is 6.23 Å². The Morgan fingerprint density at radius 1 is 1.17 bits per heavy atom. The van der Waals surface area contributed by atoms with E-state index in [1.807, 2.05) is 43.3 Å². The Morgan fingerprint density at radius 3 is 2.52 bits per heavy atom. The van der Waals surface area contributed by atoms with Crippen LogP contribution in [-0.4, -0.2) is 31.5 Å². The summed E-state index contributed by atoms with van der Waals surface area (Å²) in [6, 6.07) is 13.5. The van der Waals surface area contributed by atoms with Crippen molar-refractivity contribution in [1.29, 1.82) is 0 Å². The number of hydrogen-bond donors (Lipinski definition) is 3. The first kappa shape index (κ1) is 16.5. The van der Waals surface area contributed by atoms with Gasteiger partial charge in [-0.2, -0.15) is 0 Å². The Hall–Kier alpha value is -2.89. The number of phenols is 1. The molecule has 0 fully saturated rings. The van der Waals surface area contributed by atoms with E-state index in [1.165, 1.54) is 12.1 Å². The molecule has 0 bridgehead atoms. The Balaban J connectivity index is 1.88. The number of ether oxygens (including phenoxy) is 1. The van der Waals surface area contributed by atoms with E-state index >= 15 is 0 Å². The number of urea groups is 1. The van der Waals surface area contributed by atoms with E-state index in [9.17, 15) is 9.90 Å². The van der Waals surface area contributed by atoms with Crippen LogP contribution in [0.1, 0.15) is 6.92 Å². The van der Waals surface area contributed by atoms with Crippen molar-refractivity contribution in [2.75, 3.05) is 24.3 Å². The molecule has 2 amide bonds. The fraction of sp³-hybridized carbons (Fsp3) is 0.235. The minimum absolute atomic E-state index is 0.163. The average molecular weight is 315 g/mol. The second kappa shape index (κ2) is 7.40. The molecule has 1 atom stereocenters. The number of amides is 2. The highest BCUT2D eigenvalue weighted by Crippen LogP contribution is 2.18. The molecule has 0 heterocycles. The molecule has 6 nitrogen and oxygen atoms in total. The molecular weight excluding hydrogens is 294 g/mol. The fourth-order valence-corrected chi connectivity index (χ4v) is 1.97. The van der Waals surface area contributed by atoms with Crippen molar-refractivity contribution in [2.45, 2.75) is 13.2 Å². The van der Waals surface area contributed by atoms with E-state index in [1.54, 1.807) is 19.1 Å². The van der Waals surface area contributed by atoms with E-state index in [0.717, 1.165) is 5.69 Å². The van der Waals surface area contributed by atoms with E-state index < -0.39 is 6.23 Å². The van der Waals surface area contributed by atoms with E-state index in [4.69, 9.17) is 4.74 Å². The van der Waals surface area contributed by atoms with Gasteiger partial charge in [-0.25, -0.2) is 4.79 Å². The second-order valence-corrected chi connectivity index (χ2v) is 5.30.